The molecule has 0 aromatic heterocycles. The molecule has 0 spiro atoms. The van der Waals surface area contributed by atoms with Crippen LogP contribution < -0.4 is 5.32 Å². The third-order valence-corrected chi connectivity index (χ3v) is 3.58. The van der Waals surface area contributed by atoms with Gasteiger partial charge in [0.15, 0.2) is 0 Å². The van der Waals surface area contributed by atoms with E-state index < -0.39 is 0 Å². The molecule has 0 amide bonds. The lowest BCUT2D eigenvalue weighted by molar-refractivity contribution is -0.384. The van der Waals surface area contributed by atoms with Crippen LogP contribution in [0.2, 0.25) is 0 Å². The van der Waals surface area contributed by atoms with Gasteiger partial charge in [-0.2, -0.15) is 0 Å². The van der Waals surface area contributed by atoms with Crippen molar-refractivity contribution in [2.45, 2.75) is 32.2 Å². The first-order valence-electron chi connectivity index (χ1n) is 7.26. The molecule has 5 heteroatoms. The Morgan fingerprint density at radius 2 is 2.30 bits per heavy atom. The first kappa shape index (κ1) is 14.9. The second-order valence-corrected chi connectivity index (χ2v) is 5.29. The number of hydrogen-bond acceptors (Lipinski definition) is 4. The van der Waals surface area contributed by atoms with E-state index in [2.05, 4.69) is 12.2 Å². The highest BCUT2D eigenvalue weighted by Gasteiger charge is 2.21. The topological polar surface area (TPSA) is 64.4 Å². The van der Waals surface area contributed by atoms with Gasteiger partial charge in [0.05, 0.1) is 11.5 Å². The van der Waals surface area contributed by atoms with Crippen LogP contribution in [0, 0.1) is 16.0 Å². The Hall–Kier alpha value is -1.46. The second-order valence-electron chi connectivity index (χ2n) is 5.29. The average molecular weight is 278 g/mol. The SMILES string of the molecule is CCC(NCCOCC1CC1)c1cccc([N+](=O)[O-])c1. The molecule has 1 aromatic rings. The molecule has 1 unspecified atom stereocenters. The maximum absolute atomic E-state index is 10.8. The molecule has 1 fully saturated rings. The zero-order valence-electron chi connectivity index (χ0n) is 11.9. The largest absolute Gasteiger partial charge is 0.380 e. The highest BCUT2D eigenvalue weighted by Crippen LogP contribution is 2.28. The average Bonchev–Trinajstić information content (AvgIpc) is 3.27. The normalized spacial score (nSPS) is 16.1. The number of rotatable bonds is 9. The Kier molecular flexibility index (Phi) is 5.49. The van der Waals surface area contributed by atoms with Crippen LogP contribution in [-0.2, 0) is 4.74 Å². The van der Waals surface area contributed by atoms with E-state index in [1.165, 1.54) is 18.9 Å². The van der Waals surface area contributed by atoms with Gasteiger partial charge in [0.2, 0.25) is 0 Å². The van der Waals surface area contributed by atoms with E-state index in [1.54, 1.807) is 12.1 Å². The minimum Gasteiger partial charge on any atom is -0.380 e. The molecule has 0 heterocycles. The summed E-state index contributed by atoms with van der Waals surface area (Å²) in [5.41, 5.74) is 1.11. The number of nitrogens with zero attached hydrogens (tertiary/aromatic N) is 1. The smallest absolute Gasteiger partial charge is 0.269 e. The van der Waals surface area contributed by atoms with E-state index in [-0.39, 0.29) is 16.7 Å². The van der Waals surface area contributed by atoms with Crippen LogP contribution in [0.15, 0.2) is 24.3 Å². The fourth-order valence-electron chi connectivity index (χ4n) is 2.19. The Morgan fingerprint density at radius 1 is 1.50 bits per heavy atom. The van der Waals surface area contributed by atoms with Gasteiger partial charge < -0.3 is 10.1 Å². The summed E-state index contributed by atoms with van der Waals surface area (Å²) in [4.78, 5) is 10.4. The van der Waals surface area contributed by atoms with Crippen molar-refractivity contribution in [3.8, 4) is 0 Å². The lowest BCUT2D eigenvalue weighted by Gasteiger charge is -2.17. The van der Waals surface area contributed by atoms with Gasteiger partial charge in [-0.05, 0) is 30.7 Å². The van der Waals surface area contributed by atoms with Crippen molar-refractivity contribution in [3.63, 3.8) is 0 Å². The highest BCUT2D eigenvalue weighted by atomic mass is 16.6. The molecule has 20 heavy (non-hydrogen) atoms. The van der Waals surface area contributed by atoms with Gasteiger partial charge in [-0.3, -0.25) is 10.1 Å². The van der Waals surface area contributed by atoms with E-state index in [9.17, 15) is 10.1 Å². The van der Waals surface area contributed by atoms with Crippen LogP contribution in [0.1, 0.15) is 37.8 Å². The zero-order valence-corrected chi connectivity index (χ0v) is 11.9. The predicted molar refractivity (Wildman–Crippen MR) is 77.7 cm³/mol. The minimum atomic E-state index is -0.352. The molecule has 1 atom stereocenters. The summed E-state index contributed by atoms with van der Waals surface area (Å²) >= 11 is 0. The van der Waals surface area contributed by atoms with Crippen molar-refractivity contribution in [1.82, 2.24) is 5.32 Å². The molecule has 0 radical (unpaired) electrons. The van der Waals surface area contributed by atoms with Gasteiger partial charge in [-0.1, -0.05) is 19.1 Å². The molecule has 1 saturated carbocycles. The summed E-state index contributed by atoms with van der Waals surface area (Å²) in [6.07, 6.45) is 3.50. The molecule has 0 aliphatic heterocycles. The predicted octanol–water partition coefficient (Wildman–Crippen LogP) is 3.06. The van der Waals surface area contributed by atoms with Crippen LogP contribution in [-0.4, -0.2) is 24.7 Å². The van der Waals surface area contributed by atoms with Gasteiger partial charge in [0.25, 0.3) is 5.69 Å². The molecular formula is C15H22N2O3. The lowest BCUT2D eigenvalue weighted by atomic mass is 10.0. The van der Waals surface area contributed by atoms with Crippen molar-refractivity contribution >= 4 is 5.69 Å². The molecule has 0 saturated heterocycles. The van der Waals surface area contributed by atoms with Crippen LogP contribution in [0.25, 0.3) is 0 Å². The lowest BCUT2D eigenvalue weighted by Crippen LogP contribution is -2.25. The summed E-state index contributed by atoms with van der Waals surface area (Å²) < 4.78 is 5.58. The van der Waals surface area contributed by atoms with E-state index in [0.29, 0.717) is 6.61 Å². The monoisotopic (exact) mass is 278 g/mol. The van der Waals surface area contributed by atoms with Gasteiger partial charge in [0, 0.05) is 31.3 Å². The molecule has 5 nitrogen and oxygen atoms in total. The quantitative estimate of drug-likeness (QED) is 0.428. The highest BCUT2D eigenvalue weighted by molar-refractivity contribution is 5.35. The molecule has 1 aliphatic carbocycles. The standard InChI is InChI=1S/C15H22N2O3/c1-2-15(16-8-9-20-11-12-6-7-12)13-4-3-5-14(10-13)17(18)19/h3-5,10,12,15-16H,2,6-9,11H2,1H3. The van der Waals surface area contributed by atoms with Crippen molar-refractivity contribution in [2.75, 3.05) is 19.8 Å². The van der Waals surface area contributed by atoms with E-state index >= 15 is 0 Å². The number of ether oxygens (including phenoxy) is 1. The summed E-state index contributed by atoms with van der Waals surface area (Å²) in [5.74, 6) is 0.786. The summed E-state index contributed by atoms with van der Waals surface area (Å²) in [5, 5.41) is 14.2. The van der Waals surface area contributed by atoms with Gasteiger partial charge >= 0.3 is 0 Å². The van der Waals surface area contributed by atoms with Crippen molar-refractivity contribution in [3.05, 3.63) is 39.9 Å². The van der Waals surface area contributed by atoms with Crippen molar-refractivity contribution in [1.29, 1.82) is 0 Å². The zero-order chi connectivity index (χ0) is 14.4. The van der Waals surface area contributed by atoms with Crippen LogP contribution >= 0.6 is 0 Å². The van der Waals surface area contributed by atoms with Crippen molar-refractivity contribution in [2.24, 2.45) is 5.92 Å². The molecule has 2 rings (SSSR count). The first-order chi connectivity index (χ1) is 9.70. The Balaban J connectivity index is 1.80. The number of nitro groups is 1. The number of nitrogens with one attached hydrogen (secondary N) is 1. The Morgan fingerprint density at radius 3 is 2.95 bits per heavy atom. The third-order valence-electron chi connectivity index (χ3n) is 3.58. The van der Waals surface area contributed by atoms with Crippen LogP contribution in [0.5, 0.6) is 0 Å². The van der Waals surface area contributed by atoms with Gasteiger partial charge in [0.1, 0.15) is 0 Å². The number of nitro benzene ring substituents is 1. The van der Waals surface area contributed by atoms with Crippen LogP contribution in [0.3, 0.4) is 0 Å². The van der Waals surface area contributed by atoms with Gasteiger partial charge in [-0.15, -0.1) is 0 Å². The Bertz CT molecular complexity index is 446. The third kappa shape index (κ3) is 4.58. The second kappa shape index (κ2) is 7.36. The van der Waals surface area contributed by atoms with Crippen molar-refractivity contribution < 1.29 is 9.66 Å². The summed E-state index contributed by atoms with van der Waals surface area (Å²) in [6, 6.07) is 6.97. The fourth-order valence-corrected chi connectivity index (χ4v) is 2.19. The minimum absolute atomic E-state index is 0.138. The number of hydrogen-bond donors (Lipinski definition) is 1. The molecular weight excluding hydrogens is 256 g/mol. The number of benzene rings is 1. The maximum atomic E-state index is 10.8. The van der Waals surface area contributed by atoms with E-state index in [4.69, 9.17) is 4.74 Å². The molecule has 1 aromatic carbocycles. The molecule has 110 valence electrons. The fraction of sp³-hybridized carbons (Fsp3) is 0.600. The van der Waals surface area contributed by atoms with Crippen LogP contribution in [0.4, 0.5) is 5.69 Å². The molecule has 0 bridgehead atoms. The van der Waals surface area contributed by atoms with E-state index in [1.807, 2.05) is 6.07 Å². The van der Waals surface area contributed by atoms with Gasteiger partial charge in [-0.25, -0.2) is 0 Å². The Labute approximate surface area is 119 Å². The molecule has 1 aliphatic rings. The van der Waals surface area contributed by atoms with E-state index in [0.717, 1.165) is 31.1 Å². The summed E-state index contributed by atoms with van der Waals surface area (Å²) in [6.45, 7) is 4.41. The molecule has 1 N–H and O–H groups in total. The number of non-ortho nitro benzene ring substituents is 1. The summed E-state index contributed by atoms with van der Waals surface area (Å²) in [7, 11) is 0. The maximum Gasteiger partial charge on any atom is 0.269 e. The first-order valence-corrected chi connectivity index (χ1v) is 7.26.